The van der Waals surface area contributed by atoms with E-state index in [1.165, 1.54) is 5.56 Å². The Morgan fingerprint density at radius 1 is 1.04 bits per heavy atom. The van der Waals surface area contributed by atoms with Gasteiger partial charge in [0.1, 0.15) is 5.82 Å². The first-order chi connectivity index (χ1) is 12.0. The van der Waals surface area contributed by atoms with Gasteiger partial charge in [0.2, 0.25) is 5.91 Å². The summed E-state index contributed by atoms with van der Waals surface area (Å²) in [5.41, 5.74) is 5.43. The number of hydrogen-bond acceptors (Lipinski definition) is 2. The summed E-state index contributed by atoms with van der Waals surface area (Å²) in [5, 5.41) is 7.50. The lowest BCUT2D eigenvalue weighted by molar-refractivity contribution is -0.115. The van der Waals surface area contributed by atoms with Gasteiger partial charge in [-0.05, 0) is 37.5 Å². The van der Waals surface area contributed by atoms with Crippen molar-refractivity contribution in [2.45, 2.75) is 33.7 Å². The highest BCUT2D eigenvalue weighted by Crippen LogP contribution is 2.15. The maximum absolute atomic E-state index is 12.5. The standard InChI is InChI=1S/C21H23N3O/c1-15-9-10-19(16(2)11-15)13-21(25)22-20-12-17(3)23-24(20)14-18-7-5-4-6-8-18/h4-12H,13-14H2,1-3H3,(H,22,25). The molecule has 0 aliphatic carbocycles. The lowest BCUT2D eigenvalue weighted by atomic mass is 10.0. The number of hydrogen-bond donors (Lipinski definition) is 1. The minimum Gasteiger partial charge on any atom is -0.311 e. The Kier molecular flexibility index (Phi) is 4.98. The topological polar surface area (TPSA) is 46.9 Å². The summed E-state index contributed by atoms with van der Waals surface area (Å²) >= 11 is 0. The molecule has 1 amide bonds. The lowest BCUT2D eigenvalue weighted by Crippen LogP contribution is -2.18. The third kappa shape index (κ3) is 4.35. The molecular weight excluding hydrogens is 310 g/mol. The fraction of sp³-hybridized carbons (Fsp3) is 0.238. The summed E-state index contributed by atoms with van der Waals surface area (Å²) in [4.78, 5) is 12.5. The van der Waals surface area contributed by atoms with Crippen molar-refractivity contribution in [1.82, 2.24) is 9.78 Å². The number of nitrogens with zero attached hydrogens (tertiary/aromatic N) is 2. The van der Waals surface area contributed by atoms with Crippen LogP contribution in [0.25, 0.3) is 0 Å². The highest BCUT2D eigenvalue weighted by molar-refractivity contribution is 5.91. The zero-order valence-electron chi connectivity index (χ0n) is 14.9. The van der Waals surface area contributed by atoms with Crippen LogP contribution in [0, 0.1) is 20.8 Å². The highest BCUT2D eigenvalue weighted by atomic mass is 16.1. The van der Waals surface area contributed by atoms with E-state index in [1.807, 2.05) is 54.9 Å². The predicted molar refractivity (Wildman–Crippen MR) is 101 cm³/mol. The van der Waals surface area contributed by atoms with Crippen LogP contribution in [-0.4, -0.2) is 15.7 Å². The van der Waals surface area contributed by atoms with E-state index in [2.05, 4.69) is 35.5 Å². The average Bonchev–Trinajstić information content (AvgIpc) is 2.90. The van der Waals surface area contributed by atoms with Gasteiger partial charge in [-0.15, -0.1) is 0 Å². The monoisotopic (exact) mass is 333 g/mol. The second kappa shape index (κ2) is 7.34. The van der Waals surface area contributed by atoms with Gasteiger partial charge in [-0.1, -0.05) is 54.1 Å². The number of benzene rings is 2. The van der Waals surface area contributed by atoms with Gasteiger partial charge in [-0.2, -0.15) is 5.10 Å². The average molecular weight is 333 g/mol. The van der Waals surface area contributed by atoms with Crippen molar-refractivity contribution in [1.29, 1.82) is 0 Å². The minimum atomic E-state index is -0.0267. The molecule has 1 N–H and O–H groups in total. The second-order valence-corrected chi connectivity index (χ2v) is 6.47. The fourth-order valence-electron chi connectivity index (χ4n) is 2.93. The molecular formula is C21H23N3O. The summed E-state index contributed by atoms with van der Waals surface area (Å²) in [6, 6.07) is 18.2. The Balaban J connectivity index is 1.73. The molecule has 3 aromatic rings. The molecule has 0 unspecified atom stereocenters. The van der Waals surface area contributed by atoms with E-state index in [0.717, 1.165) is 28.2 Å². The van der Waals surface area contributed by atoms with E-state index in [4.69, 9.17) is 0 Å². The minimum absolute atomic E-state index is 0.0267. The van der Waals surface area contributed by atoms with Crippen molar-refractivity contribution in [2.75, 3.05) is 5.32 Å². The molecule has 0 spiro atoms. The molecule has 3 rings (SSSR count). The third-order valence-corrected chi connectivity index (χ3v) is 4.19. The van der Waals surface area contributed by atoms with E-state index in [-0.39, 0.29) is 5.91 Å². The number of carbonyl (C=O) groups excluding carboxylic acids is 1. The van der Waals surface area contributed by atoms with Gasteiger partial charge >= 0.3 is 0 Å². The smallest absolute Gasteiger partial charge is 0.229 e. The molecule has 0 saturated heterocycles. The molecule has 128 valence electrons. The Morgan fingerprint density at radius 3 is 2.52 bits per heavy atom. The Hall–Kier alpha value is -2.88. The Morgan fingerprint density at radius 2 is 1.80 bits per heavy atom. The second-order valence-electron chi connectivity index (χ2n) is 6.47. The molecule has 0 saturated carbocycles. The molecule has 1 heterocycles. The maximum Gasteiger partial charge on any atom is 0.229 e. The largest absolute Gasteiger partial charge is 0.311 e. The normalized spacial score (nSPS) is 10.7. The summed E-state index contributed by atoms with van der Waals surface area (Å²) in [6.45, 7) is 6.66. The quantitative estimate of drug-likeness (QED) is 0.766. The van der Waals surface area contributed by atoms with Gasteiger partial charge < -0.3 is 5.32 Å². The number of anilines is 1. The molecule has 2 aromatic carbocycles. The molecule has 0 aliphatic rings. The third-order valence-electron chi connectivity index (χ3n) is 4.19. The number of aryl methyl sites for hydroxylation is 3. The van der Waals surface area contributed by atoms with Crippen LogP contribution >= 0.6 is 0 Å². The number of aromatic nitrogens is 2. The van der Waals surface area contributed by atoms with E-state index in [9.17, 15) is 4.79 Å². The van der Waals surface area contributed by atoms with Crippen LogP contribution in [0.3, 0.4) is 0 Å². The fourth-order valence-corrected chi connectivity index (χ4v) is 2.93. The molecule has 4 heteroatoms. The number of amides is 1. The van der Waals surface area contributed by atoms with Crippen LogP contribution < -0.4 is 5.32 Å². The van der Waals surface area contributed by atoms with Crippen LogP contribution in [0.1, 0.15) is 27.9 Å². The number of carbonyl (C=O) groups is 1. The zero-order chi connectivity index (χ0) is 17.8. The van der Waals surface area contributed by atoms with Crippen molar-refractivity contribution in [3.8, 4) is 0 Å². The summed E-state index contributed by atoms with van der Waals surface area (Å²) in [6.07, 6.45) is 0.363. The Bertz CT molecular complexity index is 881. The SMILES string of the molecule is Cc1ccc(CC(=O)Nc2cc(C)nn2Cc2ccccc2)c(C)c1. The molecule has 0 radical (unpaired) electrons. The van der Waals surface area contributed by atoms with Crippen LogP contribution in [0.5, 0.6) is 0 Å². The first-order valence-corrected chi connectivity index (χ1v) is 8.45. The van der Waals surface area contributed by atoms with Gasteiger partial charge in [0.25, 0.3) is 0 Å². The van der Waals surface area contributed by atoms with Crippen molar-refractivity contribution >= 4 is 11.7 Å². The molecule has 25 heavy (non-hydrogen) atoms. The van der Waals surface area contributed by atoms with Crippen LogP contribution in [0.15, 0.2) is 54.6 Å². The summed E-state index contributed by atoms with van der Waals surface area (Å²) in [5.74, 6) is 0.706. The van der Waals surface area contributed by atoms with Gasteiger partial charge in [0.05, 0.1) is 18.7 Å². The lowest BCUT2D eigenvalue weighted by Gasteiger charge is -2.10. The maximum atomic E-state index is 12.5. The van der Waals surface area contributed by atoms with Crippen LogP contribution in [-0.2, 0) is 17.8 Å². The zero-order valence-corrected chi connectivity index (χ0v) is 14.9. The van der Waals surface area contributed by atoms with Gasteiger partial charge in [-0.25, -0.2) is 4.68 Å². The van der Waals surface area contributed by atoms with Crippen LogP contribution in [0.2, 0.25) is 0 Å². The first kappa shape index (κ1) is 17.0. The van der Waals surface area contributed by atoms with Gasteiger partial charge in [0, 0.05) is 6.07 Å². The van der Waals surface area contributed by atoms with E-state index in [1.54, 1.807) is 0 Å². The van der Waals surface area contributed by atoms with Gasteiger partial charge in [0.15, 0.2) is 0 Å². The predicted octanol–water partition coefficient (Wildman–Crippen LogP) is 4.04. The van der Waals surface area contributed by atoms with Crippen molar-refractivity contribution in [3.05, 3.63) is 82.5 Å². The molecule has 0 bridgehead atoms. The van der Waals surface area contributed by atoms with Crippen molar-refractivity contribution in [3.63, 3.8) is 0 Å². The summed E-state index contributed by atoms with van der Waals surface area (Å²) < 4.78 is 1.84. The van der Waals surface area contributed by atoms with E-state index < -0.39 is 0 Å². The van der Waals surface area contributed by atoms with Crippen LogP contribution in [0.4, 0.5) is 5.82 Å². The highest BCUT2D eigenvalue weighted by Gasteiger charge is 2.11. The Labute approximate surface area is 148 Å². The van der Waals surface area contributed by atoms with E-state index >= 15 is 0 Å². The number of rotatable bonds is 5. The van der Waals surface area contributed by atoms with Crippen molar-refractivity contribution in [2.24, 2.45) is 0 Å². The van der Waals surface area contributed by atoms with E-state index in [0.29, 0.717) is 13.0 Å². The molecule has 0 fully saturated rings. The molecule has 0 aliphatic heterocycles. The summed E-state index contributed by atoms with van der Waals surface area (Å²) in [7, 11) is 0. The molecule has 4 nitrogen and oxygen atoms in total. The molecule has 0 atom stereocenters. The first-order valence-electron chi connectivity index (χ1n) is 8.45. The van der Waals surface area contributed by atoms with Crippen molar-refractivity contribution < 1.29 is 4.79 Å². The molecule has 1 aromatic heterocycles. The van der Waals surface area contributed by atoms with Gasteiger partial charge in [-0.3, -0.25) is 4.79 Å². The number of nitrogens with one attached hydrogen (secondary N) is 1.